The zero-order chi connectivity index (χ0) is 13.0. The maximum atomic E-state index is 8.26. The van der Waals surface area contributed by atoms with Crippen LogP contribution in [0, 0.1) is 5.41 Å². The number of hydrogen-bond acceptors (Lipinski definition) is 3. The smallest absolute Gasteiger partial charge is 0.128 e. The van der Waals surface area contributed by atoms with E-state index in [-0.39, 0.29) is 0 Å². The standard InChI is InChI=1S/C14H21N3S/c1-3-18-13-6-4-12(5-7-13)14(15)17-10-8-16(2)9-11-17/h4-7,15H,3,8-11H2,1-2H3. The molecule has 0 amide bonds. The van der Waals surface area contributed by atoms with E-state index in [0.717, 1.165) is 37.5 Å². The molecule has 1 heterocycles. The summed E-state index contributed by atoms with van der Waals surface area (Å²) >= 11 is 1.84. The maximum Gasteiger partial charge on any atom is 0.128 e. The third-order valence-corrected chi connectivity index (χ3v) is 4.15. The van der Waals surface area contributed by atoms with Crippen molar-refractivity contribution in [1.29, 1.82) is 5.41 Å². The molecule has 1 fully saturated rings. The van der Waals surface area contributed by atoms with Crippen molar-refractivity contribution in [3.63, 3.8) is 0 Å². The average Bonchev–Trinajstić information content (AvgIpc) is 2.40. The van der Waals surface area contributed by atoms with E-state index in [1.165, 1.54) is 4.90 Å². The zero-order valence-corrected chi connectivity index (χ0v) is 12.0. The van der Waals surface area contributed by atoms with Gasteiger partial charge in [-0.3, -0.25) is 5.41 Å². The van der Waals surface area contributed by atoms with Crippen molar-refractivity contribution in [2.24, 2.45) is 0 Å². The number of nitrogens with one attached hydrogen (secondary N) is 1. The molecule has 98 valence electrons. The Balaban J connectivity index is 2.00. The van der Waals surface area contributed by atoms with Gasteiger partial charge in [0, 0.05) is 36.6 Å². The van der Waals surface area contributed by atoms with Gasteiger partial charge in [-0.15, -0.1) is 11.8 Å². The first-order valence-corrected chi connectivity index (χ1v) is 7.44. The molecule has 1 aromatic carbocycles. The third-order valence-electron chi connectivity index (χ3n) is 3.26. The molecule has 1 saturated heterocycles. The van der Waals surface area contributed by atoms with Gasteiger partial charge in [0.05, 0.1) is 0 Å². The van der Waals surface area contributed by atoms with E-state index in [9.17, 15) is 0 Å². The lowest BCUT2D eigenvalue weighted by atomic mass is 10.1. The minimum Gasteiger partial charge on any atom is -0.354 e. The highest BCUT2D eigenvalue weighted by Crippen LogP contribution is 2.18. The number of rotatable bonds is 3. The fraction of sp³-hybridized carbons (Fsp3) is 0.500. The summed E-state index contributed by atoms with van der Waals surface area (Å²) in [5, 5.41) is 8.26. The molecule has 0 aromatic heterocycles. The second kappa shape index (κ2) is 6.25. The van der Waals surface area contributed by atoms with Crippen molar-refractivity contribution in [1.82, 2.24) is 9.80 Å². The molecular formula is C14H21N3S. The Bertz CT molecular complexity index is 394. The highest BCUT2D eigenvalue weighted by atomic mass is 32.2. The van der Waals surface area contributed by atoms with E-state index in [2.05, 4.69) is 48.0 Å². The van der Waals surface area contributed by atoms with E-state index < -0.39 is 0 Å². The molecule has 4 heteroatoms. The van der Waals surface area contributed by atoms with Crippen molar-refractivity contribution >= 4 is 17.6 Å². The molecule has 1 N–H and O–H groups in total. The first kappa shape index (κ1) is 13.4. The number of nitrogens with zero attached hydrogens (tertiary/aromatic N) is 2. The van der Waals surface area contributed by atoms with Crippen molar-refractivity contribution in [2.75, 3.05) is 39.0 Å². The van der Waals surface area contributed by atoms with Gasteiger partial charge in [0.15, 0.2) is 0 Å². The van der Waals surface area contributed by atoms with Gasteiger partial charge in [-0.05, 0) is 24.9 Å². The van der Waals surface area contributed by atoms with Gasteiger partial charge in [-0.25, -0.2) is 0 Å². The zero-order valence-electron chi connectivity index (χ0n) is 11.1. The quantitative estimate of drug-likeness (QED) is 0.516. The van der Waals surface area contributed by atoms with Gasteiger partial charge in [0.2, 0.25) is 0 Å². The van der Waals surface area contributed by atoms with Crippen LogP contribution in [0.2, 0.25) is 0 Å². The summed E-state index contributed by atoms with van der Waals surface area (Å²) in [5.74, 6) is 1.76. The molecule has 0 unspecified atom stereocenters. The molecule has 18 heavy (non-hydrogen) atoms. The number of thioether (sulfide) groups is 1. The summed E-state index contributed by atoms with van der Waals surface area (Å²) < 4.78 is 0. The fourth-order valence-corrected chi connectivity index (χ4v) is 2.75. The van der Waals surface area contributed by atoms with Crippen LogP contribution in [0.1, 0.15) is 12.5 Å². The van der Waals surface area contributed by atoms with Gasteiger partial charge >= 0.3 is 0 Å². The molecule has 0 saturated carbocycles. The first-order valence-electron chi connectivity index (χ1n) is 6.46. The lowest BCUT2D eigenvalue weighted by molar-refractivity contribution is 0.215. The van der Waals surface area contributed by atoms with Crippen LogP contribution in [0.4, 0.5) is 0 Å². The number of amidine groups is 1. The Kier molecular flexibility index (Phi) is 4.66. The predicted molar refractivity (Wildman–Crippen MR) is 78.7 cm³/mol. The fourth-order valence-electron chi connectivity index (χ4n) is 2.09. The Morgan fingerprint density at radius 2 is 1.78 bits per heavy atom. The van der Waals surface area contributed by atoms with Crippen molar-refractivity contribution in [3.05, 3.63) is 29.8 Å². The van der Waals surface area contributed by atoms with Crippen LogP contribution >= 0.6 is 11.8 Å². The van der Waals surface area contributed by atoms with Gasteiger partial charge in [0.25, 0.3) is 0 Å². The van der Waals surface area contributed by atoms with Gasteiger partial charge in [0.1, 0.15) is 5.84 Å². The van der Waals surface area contributed by atoms with Crippen LogP contribution in [-0.2, 0) is 0 Å². The molecule has 1 aromatic rings. The van der Waals surface area contributed by atoms with Crippen LogP contribution in [0.15, 0.2) is 29.2 Å². The lowest BCUT2D eigenvalue weighted by Gasteiger charge is -2.34. The SMILES string of the molecule is CCSc1ccc(C(=N)N2CCN(C)CC2)cc1. The van der Waals surface area contributed by atoms with Crippen molar-refractivity contribution in [2.45, 2.75) is 11.8 Å². The number of likely N-dealkylation sites (N-methyl/N-ethyl adjacent to an activating group) is 1. The van der Waals surface area contributed by atoms with Crippen molar-refractivity contribution in [3.8, 4) is 0 Å². The third kappa shape index (κ3) is 3.27. The van der Waals surface area contributed by atoms with E-state index in [0.29, 0.717) is 5.84 Å². The lowest BCUT2D eigenvalue weighted by Crippen LogP contribution is -2.47. The van der Waals surface area contributed by atoms with Gasteiger partial charge < -0.3 is 9.80 Å². The van der Waals surface area contributed by atoms with E-state index in [1.54, 1.807) is 0 Å². The summed E-state index contributed by atoms with van der Waals surface area (Å²) in [5.41, 5.74) is 1.03. The maximum absolute atomic E-state index is 8.26. The highest BCUT2D eigenvalue weighted by molar-refractivity contribution is 7.99. The molecule has 2 rings (SSSR count). The summed E-state index contributed by atoms with van der Waals surface area (Å²) in [7, 11) is 2.14. The number of benzene rings is 1. The normalized spacial score (nSPS) is 16.9. The van der Waals surface area contributed by atoms with Crippen molar-refractivity contribution < 1.29 is 0 Å². The summed E-state index contributed by atoms with van der Waals surface area (Å²) in [6, 6.07) is 8.37. The highest BCUT2D eigenvalue weighted by Gasteiger charge is 2.17. The molecule has 0 atom stereocenters. The molecular weight excluding hydrogens is 242 g/mol. The Morgan fingerprint density at radius 1 is 1.17 bits per heavy atom. The molecule has 3 nitrogen and oxygen atoms in total. The average molecular weight is 263 g/mol. The minimum atomic E-state index is 0.663. The van der Waals surface area contributed by atoms with E-state index in [1.807, 2.05) is 11.8 Å². The molecule has 1 aliphatic rings. The largest absolute Gasteiger partial charge is 0.354 e. The van der Waals surface area contributed by atoms with Crippen LogP contribution in [-0.4, -0.2) is 54.6 Å². The summed E-state index contributed by atoms with van der Waals surface area (Å²) in [6.07, 6.45) is 0. The van der Waals surface area contributed by atoms with Crippen LogP contribution in [0.3, 0.4) is 0 Å². The van der Waals surface area contributed by atoms with E-state index in [4.69, 9.17) is 5.41 Å². The summed E-state index contributed by atoms with van der Waals surface area (Å²) in [6.45, 7) is 6.17. The Labute approximate surface area is 114 Å². The molecule has 0 bridgehead atoms. The van der Waals surface area contributed by atoms with Gasteiger partial charge in [-0.2, -0.15) is 0 Å². The monoisotopic (exact) mass is 263 g/mol. The Morgan fingerprint density at radius 3 is 2.33 bits per heavy atom. The van der Waals surface area contributed by atoms with Crippen LogP contribution in [0.5, 0.6) is 0 Å². The topological polar surface area (TPSA) is 30.3 Å². The van der Waals surface area contributed by atoms with Gasteiger partial charge in [-0.1, -0.05) is 19.1 Å². The minimum absolute atomic E-state index is 0.663. The Hall–Kier alpha value is -1.00. The second-order valence-corrected chi connectivity index (χ2v) is 5.93. The van der Waals surface area contributed by atoms with E-state index >= 15 is 0 Å². The number of piperazine rings is 1. The molecule has 1 aliphatic heterocycles. The molecule has 0 spiro atoms. The predicted octanol–water partition coefficient (Wildman–Crippen LogP) is 2.37. The summed E-state index contributed by atoms with van der Waals surface area (Å²) in [4.78, 5) is 5.76. The molecule has 0 aliphatic carbocycles. The first-order chi connectivity index (χ1) is 8.70. The number of hydrogen-bond donors (Lipinski definition) is 1. The second-order valence-electron chi connectivity index (χ2n) is 4.60. The van der Waals surface area contributed by atoms with Crippen LogP contribution < -0.4 is 0 Å². The van der Waals surface area contributed by atoms with Crippen LogP contribution in [0.25, 0.3) is 0 Å². The molecule has 0 radical (unpaired) electrons.